The van der Waals surface area contributed by atoms with E-state index in [0.717, 1.165) is 19.8 Å². The Bertz CT molecular complexity index is 741. The number of halogens is 3. The third-order valence-corrected chi connectivity index (χ3v) is 3.64. The van der Waals surface area contributed by atoms with Gasteiger partial charge in [0.2, 0.25) is 0 Å². The Hall–Kier alpha value is -1.53. The number of terminal acetylenes is 1. The number of rotatable bonds is 0. The molecule has 2 rings (SSSR count). The van der Waals surface area contributed by atoms with Crippen LogP contribution in [0.5, 0.6) is 0 Å². The fourth-order valence-corrected chi connectivity index (χ4v) is 2.32. The minimum Gasteiger partial charge on any atom is -0.398 e. The van der Waals surface area contributed by atoms with E-state index in [1.807, 2.05) is 6.07 Å². The molecule has 4 N–H and O–H groups in total. The lowest BCUT2D eigenvalue weighted by Gasteiger charge is -1.96. The molecule has 0 aliphatic carbocycles. The van der Waals surface area contributed by atoms with Crippen molar-refractivity contribution in [2.75, 3.05) is 11.5 Å². The second-order valence-corrected chi connectivity index (χ2v) is 6.10. The zero-order chi connectivity index (χ0) is 17.8. The molecule has 0 heterocycles. The van der Waals surface area contributed by atoms with Crippen LogP contribution < -0.4 is 11.5 Å². The average molecular weight is 459 g/mol. The number of nitrogens with two attached hydrogens (primary N) is 2. The van der Waals surface area contributed by atoms with Gasteiger partial charge in [-0.25, -0.2) is 0 Å². The predicted octanol–water partition coefficient (Wildman–Crippen LogP) is 5.46. The van der Waals surface area contributed by atoms with E-state index in [2.05, 4.69) is 46.8 Å². The summed E-state index contributed by atoms with van der Waals surface area (Å²) in [6.07, 6.45) is 4.60. The summed E-state index contributed by atoms with van der Waals surface area (Å²) in [5, 5.41) is 1.39. The van der Waals surface area contributed by atoms with Gasteiger partial charge in [0.05, 0.1) is 0 Å². The molecule has 0 bridgehead atoms. The lowest BCUT2D eigenvalue weighted by molar-refractivity contribution is 1.62. The lowest BCUT2D eigenvalue weighted by Crippen LogP contribution is -1.88. The number of benzene rings is 2. The highest BCUT2D eigenvalue weighted by atomic mass is 127. The van der Waals surface area contributed by atoms with E-state index in [0.29, 0.717) is 10.7 Å². The zero-order valence-electron chi connectivity index (χ0n) is 12.8. The first-order valence-electron chi connectivity index (χ1n) is 6.41. The van der Waals surface area contributed by atoms with E-state index in [4.69, 9.17) is 34.7 Å². The fraction of sp³-hybridized carbons (Fsp3) is 0.111. The van der Waals surface area contributed by atoms with E-state index in [-0.39, 0.29) is 0 Å². The maximum Gasteiger partial charge on any atom is 0.0489 e. The van der Waals surface area contributed by atoms with Crippen LogP contribution in [0, 0.1) is 27.8 Å². The fourth-order valence-electron chi connectivity index (χ4n) is 1.27. The second-order valence-electron chi connectivity index (χ2n) is 4.06. The van der Waals surface area contributed by atoms with Crippen molar-refractivity contribution in [3.63, 3.8) is 0 Å². The van der Waals surface area contributed by atoms with Gasteiger partial charge in [0.1, 0.15) is 0 Å². The van der Waals surface area contributed by atoms with Crippen molar-refractivity contribution in [1.82, 2.24) is 0 Å². The van der Waals surface area contributed by atoms with Crippen LogP contribution in [0.3, 0.4) is 0 Å². The van der Waals surface area contributed by atoms with Gasteiger partial charge in [-0.2, -0.15) is 0 Å². The third-order valence-electron chi connectivity index (χ3n) is 2.24. The molecule has 0 spiro atoms. The SMILES string of the molecule is C#CC.CC#Cc1cc(Cl)ccc1N.Nc1ccc(Cl)cc1I. The molecule has 2 nitrogen and oxygen atoms in total. The van der Waals surface area contributed by atoms with Gasteiger partial charge in [0, 0.05) is 30.6 Å². The standard InChI is InChI=1S/C9H8ClN.C6H5ClIN.C3H4/c1-2-3-7-6-8(10)4-5-9(7)11;7-4-1-2-6(9)5(8)3-4;1-3-2/h4-6H,11H2,1H3;1-3H,9H2;1H,2H3. The van der Waals surface area contributed by atoms with Crippen LogP contribution in [-0.2, 0) is 0 Å². The summed E-state index contributed by atoms with van der Waals surface area (Å²) in [6.45, 7) is 3.42. The van der Waals surface area contributed by atoms with Crippen LogP contribution in [0.15, 0.2) is 36.4 Å². The molecule has 0 unspecified atom stereocenters. The Morgan fingerprint density at radius 1 is 0.957 bits per heavy atom. The molecule has 0 saturated carbocycles. The van der Waals surface area contributed by atoms with Crippen LogP contribution in [0.1, 0.15) is 19.4 Å². The molecule has 0 aliphatic heterocycles. The minimum atomic E-state index is 0.664. The molecule has 0 fully saturated rings. The minimum absolute atomic E-state index is 0.664. The van der Waals surface area contributed by atoms with Crippen LogP contribution in [0.2, 0.25) is 10.0 Å². The van der Waals surface area contributed by atoms with Gasteiger partial charge in [0.25, 0.3) is 0 Å². The molecule has 0 radical (unpaired) electrons. The van der Waals surface area contributed by atoms with Gasteiger partial charge in [-0.3, -0.25) is 0 Å². The number of nitrogen functional groups attached to an aromatic ring is 2. The maximum absolute atomic E-state index is 5.73. The van der Waals surface area contributed by atoms with Gasteiger partial charge < -0.3 is 11.5 Å². The second kappa shape index (κ2) is 12.0. The van der Waals surface area contributed by atoms with Crippen LogP contribution in [-0.4, -0.2) is 0 Å². The van der Waals surface area contributed by atoms with Crippen molar-refractivity contribution >= 4 is 57.2 Å². The molecular weight excluding hydrogens is 442 g/mol. The van der Waals surface area contributed by atoms with Gasteiger partial charge >= 0.3 is 0 Å². The number of hydrogen-bond donors (Lipinski definition) is 2. The van der Waals surface area contributed by atoms with Crippen LogP contribution in [0.4, 0.5) is 11.4 Å². The smallest absolute Gasteiger partial charge is 0.0489 e. The Labute approximate surface area is 161 Å². The van der Waals surface area contributed by atoms with Crippen molar-refractivity contribution in [3.05, 3.63) is 55.6 Å². The van der Waals surface area contributed by atoms with Crippen molar-refractivity contribution in [1.29, 1.82) is 0 Å². The quantitative estimate of drug-likeness (QED) is 0.313. The average Bonchev–Trinajstić information content (AvgIpc) is 2.49. The summed E-state index contributed by atoms with van der Waals surface area (Å²) in [6, 6.07) is 10.7. The predicted molar refractivity (Wildman–Crippen MR) is 112 cm³/mol. The van der Waals surface area contributed by atoms with E-state index in [9.17, 15) is 0 Å². The highest BCUT2D eigenvalue weighted by Crippen LogP contribution is 2.19. The Morgan fingerprint density at radius 3 is 1.87 bits per heavy atom. The first-order chi connectivity index (χ1) is 10.8. The Balaban J connectivity index is 0.000000365. The lowest BCUT2D eigenvalue weighted by atomic mass is 10.2. The zero-order valence-corrected chi connectivity index (χ0v) is 16.5. The van der Waals surface area contributed by atoms with Gasteiger partial charge in [0.15, 0.2) is 0 Å². The number of anilines is 2. The maximum atomic E-state index is 5.73. The van der Waals surface area contributed by atoms with Crippen LogP contribution >= 0.6 is 45.8 Å². The largest absolute Gasteiger partial charge is 0.398 e. The molecule has 2 aromatic rings. The molecule has 0 amide bonds. The third kappa shape index (κ3) is 9.25. The van der Waals surface area contributed by atoms with Gasteiger partial charge in [-0.05, 0) is 72.8 Å². The van der Waals surface area contributed by atoms with E-state index >= 15 is 0 Å². The molecular formula is C18H17Cl2IN2. The molecule has 2 aromatic carbocycles. The van der Waals surface area contributed by atoms with E-state index in [1.165, 1.54) is 0 Å². The topological polar surface area (TPSA) is 52.0 Å². The van der Waals surface area contributed by atoms with Crippen molar-refractivity contribution in [3.8, 4) is 24.2 Å². The molecule has 23 heavy (non-hydrogen) atoms. The molecule has 0 atom stereocenters. The van der Waals surface area contributed by atoms with E-state index in [1.54, 1.807) is 44.2 Å². The molecule has 120 valence electrons. The monoisotopic (exact) mass is 458 g/mol. The van der Waals surface area contributed by atoms with Gasteiger partial charge in [-0.1, -0.05) is 29.1 Å². The molecule has 0 aliphatic rings. The molecule has 5 heteroatoms. The summed E-state index contributed by atoms with van der Waals surface area (Å²) in [5.74, 6) is 7.87. The van der Waals surface area contributed by atoms with Crippen molar-refractivity contribution in [2.24, 2.45) is 0 Å². The number of hydrogen-bond acceptors (Lipinski definition) is 2. The summed E-state index contributed by atoms with van der Waals surface area (Å²) in [4.78, 5) is 0. The molecule has 0 aromatic heterocycles. The van der Waals surface area contributed by atoms with Crippen molar-refractivity contribution in [2.45, 2.75) is 13.8 Å². The highest BCUT2D eigenvalue weighted by molar-refractivity contribution is 14.1. The first-order valence-corrected chi connectivity index (χ1v) is 8.24. The molecule has 0 saturated heterocycles. The normalized spacial score (nSPS) is 8.17. The van der Waals surface area contributed by atoms with Crippen LogP contribution in [0.25, 0.3) is 0 Å². The Morgan fingerprint density at radius 2 is 1.43 bits per heavy atom. The van der Waals surface area contributed by atoms with E-state index < -0.39 is 0 Å². The highest BCUT2D eigenvalue weighted by Gasteiger charge is 1.95. The summed E-state index contributed by atoms with van der Waals surface area (Å²) >= 11 is 13.5. The summed E-state index contributed by atoms with van der Waals surface area (Å²) < 4.78 is 1.00. The van der Waals surface area contributed by atoms with Crippen molar-refractivity contribution < 1.29 is 0 Å². The van der Waals surface area contributed by atoms with Gasteiger partial charge in [-0.15, -0.1) is 18.3 Å². The Kier molecular flexibility index (Phi) is 11.2. The summed E-state index contributed by atoms with van der Waals surface area (Å²) in [5.41, 5.74) is 13.4. The summed E-state index contributed by atoms with van der Waals surface area (Å²) in [7, 11) is 0. The first kappa shape index (κ1) is 21.5.